The van der Waals surface area contributed by atoms with E-state index in [1.165, 1.54) is 11.8 Å². The number of unbranched alkanes of at least 4 members (excludes halogenated alkanes) is 2. The van der Waals surface area contributed by atoms with E-state index in [4.69, 9.17) is 18.9 Å². The van der Waals surface area contributed by atoms with Crippen LogP contribution < -0.4 is 10.6 Å². The molecule has 15 heteroatoms. The van der Waals surface area contributed by atoms with E-state index in [0.29, 0.717) is 45.2 Å². The van der Waals surface area contributed by atoms with Gasteiger partial charge >= 0.3 is 23.9 Å². The highest BCUT2D eigenvalue weighted by Crippen LogP contribution is 2.25. The van der Waals surface area contributed by atoms with Crippen LogP contribution in [0.3, 0.4) is 0 Å². The van der Waals surface area contributed by atoms with Gasteiger partial charge < -0.3 is 29.6 Å². The Hall–Kier alpha value is -3.59. The number of carbonyl (C=O) groups excluding carboxylic acids is 7. The minimum absolute atomic E-state index is 0.0119. The molecular weight excluding hydrogens is 797 g/mol. The number of ether oxygens (including phenoxy) is 4. The van der Waals surface area contributed by atoms with Gasteiger partial charge in [-0.1, -0.05) is 100 Å². The first kappa shape index (κ1) is 56.4. The van der Waals surface area contributed by atoms with E-state index in [-0.39, 0.29) is 100 Å². The number of Topliss-reactive ketones (excluding diaryl/α,β-unsaturated/α-hetero) is 1. The zero-order valence-electron chi connectivity index (χ0n) is 39.9. The van der Waals surface area contributed by atoms with Crippen LogP contribution in [-0.4, -0.2) is 129 Å². The van der Waals surface area contributed by atoms with Crippen molar-refractivity contribution in [1.82, 2.24) is 20.4 Å². The van der Waals surface area contributed by atoms with Gasteiger partial charge in [-0.25, -0.2) is 0 Å². The Balaban J connectivity index is 3.51. The summed E-state index contributed by atoms with van der Waals surface area (Å²) >= 11 is 0. The highest BCUT2D eigenvalue weighted by atomic mass is 16.5. The van der Waals surface area contributed by atoms with E-state index in [1.54, 1.807) is 4.90 Å². The number of hydrogen-bond donors (Lipinski definition) is 2. The Morgan fingerprint density at radius 2 is 0.968 bits per heavy atom. The Morgan fingerprint density at radius 3 is 1.40 bits per heavy atom. The average Bonchev–Trinajstić information content (AvgIpc) is 3.33. The molecule has 2 N–H and O–H groups in total. The van der Waals surface area contributed by atoms with Crippen LogP contribution in [-0.2, 0) is 52.5 Å². The molecule has 0 heterocycles. The van der Waals surface area contributed by atoms with Gasteiger partial charge in [0.1, 0.15) is 0 Å². The molecule has 0 aromatic heterocycles. The molecule has 1 fully saturated rings. The summed E-state index contributed by atoms with van der Waals surface area (Å²) in [5, 5.41) is 5.88. The van der Waals surface area contributed by atoms with E-state index in [9.17, 15) is 33.6 Å². The van der Waals surface area contributed by atoms with Crippen molar-refractivity contribution in [3.8, 4) is 0 Å². The number of ketones is 1. The summed E-state index contributed by atoms with van der Waals surface area (Å²) in [5.41, 5.74) is 0. The van der Waals surface area contributed by atoms with Gasteiger partial charge in [-0.3, -0.25) is 43.4 Å². The van der Waals surface area contributed by atoms with Crippen molar-refractivity contribution < 1.29 is 52.5 Å². The molecule has 1 rings (SSSR count). The minimum atomic E-state index is -1.04. The maximum atomic E-state index is 14.7. The number of nitrogens with zero attached hydrogens (tertiary/aromatic N) is 2. The molecule has 0 unspecified atom stereocenters. The fourth-order valence-electron chi connectivity index (χ4n) is 7.05. The van der Waals surface area contributed by atoms with Crippen LogP contribution in [0.4, 0.5) is 0 Å². The zero-order chi connectivity index (χ0) is 46.5. The lowest BCUT2D eigenvalue weighted by Crippen LogP contribution is -2.54. The van der Waals surface area contributed by atoms with Crippen LogP contribution in [0.1, 0.15) is 152 Å². The first-order valence-electron chi connectivity index (χ1n) is 23.5. The molecule has 1 saturated carbocycles. The molecule has 15 nitrogen and oxygen atoms in total. The summed E-state index contributed by atoms with van der Waals surface area (Å²) in [6.45, 7) is 17.4. The molecule has 358 valence electrons. The summed E-state index contributed by atoms with van der Waals surface area (Å²) in [6, 6.07) is -1.84. The quantitative estimate of drug-likeness (QED) is 0.0467. The maximum Gasteiger partial charge on any atom is 0.320 e. The molecule has 0 aliphatic heterocycles. The van der Waals surface area contributed by atoms with Crippen LogP contribution in [0, 0.1) is 29.6 Å². The Bertz CT molecular complexity index is 1280. The normalized spacial score (nSPS) is 14.9. The van der Waals surface area contributed by atoms with Crippen molar-refractivity contribution in [1.29, 1.82) is 0 Å². The Labute approximate surface area is 373 Å². The van der Waals surface area contributed by atoms with E-state index < -0.39 is 41.9 Å². The fourth-order valence-corrected chi connectivity index (χ4v) is 7.05. The largest absolute Gasteiger partial charge is 0.464 e. The number of esters is 4. The monoisotopic (exact) mass is 881 g/mol. The van der Waals surface area contributed by atoms with Crippen LogP contribution in [0.25, 0.3) is 0 Å². The number of amides is 2. The van der Waals surface area contributed by atoms with Crippen molar-refractivity contribution in [2.45, 2.75) is 164 Å². The second-order valence-corrected chi connectivity index (χ2v) is 18.8. The number of hydrogen-bond acceptors (Lipinski definition) is 13. The topological polar surface area (TPSA) is 187 Å². The third kappa shape index (κ3) is 28.2. The lowest BCUT2D eigenvalue weighted by molar-refractivity contribution is -0.153. The lowest BCUT2D eigenvalue weighted by Gasteiger charge is -2.32. The molecule has 62 heavy (non-hydrogen) atoms. The third-order valence-corrected chi connectivity index (χ3v) is 10.3. The van der Waals surface area contributed by atoms with Crippen molar-refractivity contribution in [2.24, 2.45) is 29.6 Å². The average molecular weight is 881 g/mol. The summed E-state index contributed by atoms with van der Waals surface area (Å²) in [7, 11) is 0. The van der Waals surface area contributed by atoms with E-state index >= 15 is 0 Å². The molecule has 2 amide bonds. The van der Waals surface area contributed by atoms with Gasteiger partial charge in [0.15, 0.2) is 5.78 Å². The lowest BCUT2D eigenvalue weighted by atomic mass is 9.87. The molecular formula is C47H84N4O11. The van der Waals surface area contributed by atoms with Crippen LogP contribution in [0.5, 0.6) is 0 Å². The van der Waals surface area contributed by atoms with Crippen LogP contribution >= 0.6 is 0 Å². The van der Waals surface area contributed by atoms with Gasteiger partial charge in [0.05, 0.1) is 64.7 Å². The Morgan fingerprint density at radius 1 is 0.548 bits per heavy atom. The molecule has 0 aromatic rings. The molecule has 0 radical (unpaired) electrons. The number of carbonyl (C=O) groups is 7. The standard InChI is InChI=1S/C47H84N4O11/c1-34(2)30-59-42(53)26-50(27-43(54)60-31-35(3)4)25-19-17-23-41(51(28-44(55)61-32-36(5)6)29-45(56)62-33-37(7)8)47(58)49-40(22-16-18-24-48-38(9)52)46(57)39-20-14-12-10-11-13-15-21-39/h34-37,39-41H,10-33H2,1-9H3,(H,48,52)(H,49,58)/t40-,41-/m0/s1. The van der Waals surface area contributed by atoms with E-state index in [0.717, 1.165) is 51.4 Å². The highest BCUT2D eigenvalue weighted by molar-refractivity contribution is 5.92. The summed E-state index contributed by atoms with van der Waals surface area (Å²) in [4.78, 5) is 95.9. The first-order valence-corrected chi connectivity index (χ1v) is 23.5. The van der Waals surface area contributed by atoms with Gasteiger partial charge in [0, 0.05) is 19.4 Å². The molecule has 1 aliphatic carbocycles. The van der Waals surface area contributed by atoms with E-state index in [1.807, 2.05) is 55.4 Å². The SMILES string of the molecule is CC(=O)NCCCC[C@H](NC(=O)[C@H](CCCCN(CC(=O)OCC(C)C)CC(=O)OCC(C)C)N(CC(=O)OCC(C)C)CC(=O)OCC(C)C)C(=O)C1CCCCCCCC1. The van der Waals surface area contributed by atoms with E-state index in [2.05, 4.69) is 10.6 Å². The van der Waals surface area contributed by atoms with Gasteiger partial charge in [-0.05, 0) is 75.2 Å². The smallest absolute Gasteiger partial charge is 0.320 e. The number of nitrogens with one attached hydrogen (secondary N) is 2. The fraction of sp³-hybridized carbons (Fsp3) is 0.851. The molecule has 0 saturated heterocycles. The molecule has 0 spiro atoms. The van der Waals surface area contributed by atoms with Crippen molar-refractivity contribution >= 4 is 41.5 Å². The summed E-state index contributed by atoms with van der Waals surface area (Å²) in [5.74, 6) is -2.58. The van der Waals surface area contributed by atoms with Gasteiger partial charge in [-0.2, -0.15) is 0 Å². The molecule has 0 aromatic carbocycles. The van der Waals surface area contributed by atoms with Crippen molar-refractivity contribution in [3.05, 3.63) is 0 Å². The second-order valence-electron chi connectivity index (χ2n) is 18.8. The van der Waals surface area contributed by atoms with Gasteiger partial charge in [-0.15, -0.1) is 0 Å². The second kappa shape index (κ2) is 33.0. The minimum Gasteiger partial charge on any atom is -0.464 e. The predicted octanol–water partition coefficient (Wildman–Crippen LogP) is 6.04. The van der Waals surface area contributed by atoms with Gasteiger partial charge in [0.25, 0.3) is 0 Å². The molecule has 1 aliphatic rings. The van der Waals surface area contributed by atoms with Crippen LogP contribution in [0.15, 0.2) is 0 Å². The third-order valence-electron chi connectivity index (χ3n) is 10.3. The highest BCUT2D eigenvalue weighted by Gasteiger charge is 2.34. The predicted molar refractivity (Wildman–Crippen MR) is 239 cm³/mol. The summed E-state index contributed by atoms with van der Waals surface area (Å²) in [6.07, 6.45) is 10.4. The van der Waals surface area contributed by atoms with Crippen molar-refractivity contribution in [2.75, 3.05) is 65.7 Å². The molecule has 2 atom stereocenters. The molecule has 0 bridgehead atoms. The zero-order valence-corrected chi connectivity index (χ0v) is 39.9. The van der Waals surface area contributed by atoms with Crippen molar-refractivity contribution in [3.63, 3.8) is 0 Å². The maximum absolute atomic E-state index is 14.7. The Kier molecular flexibility index (Phi) is 30.0. The first-order chi connectivity index (χ1) is 29.4. The van der Waals surface area contributed by atoms with Crippen LogP contribution in [0.2, 0.25) is 0 Å². The van der Waals surface area contributed by atoms with Gasteiger partial charge in [0.2, 0.25) is 11.8 Å². The number of rotatable bonds is 31. The summed E-state index contributed by atoms with van der Waals surface area (Å²) < 4.78 is 21.9.